The van der Waals surface area contributed by atoms with Crippen LogP contribution in [0.5, 0.6) is 0 Å². The quantitative estimate of drug-likeness (QED) is 0.462. The Morgan fingerprint density at radius 1 is 1.28 bits per heavy atom. The van der Waals surface area contributed by atoms with Crippen molar-refractivity contribution in [3.63, 3.8) is 0 Å². The Morgan fingerprint density at radius 3 is 2.44 bits per heavy atom. The van der Waals surface area contributed by atoms with Gasteiger partial charge in [0, 0.05) is 24.7 Å². The van der Waals surface area contributed by atoms with Crippen LogP contribution in [0.15, 0.2) is 24.3 Å². The van der Waals surface area contributed by atoms with Crippen molar-refractivity contribution in [2.75, 3.05) is 14.1 Å². The molecule has 0 aliphatic carbocycles. The lowest BCUT2D eigenvalue weighted by atomic mass is 10.0. The highest BCUT2D eigenvalue weighted by Gasteiger charge is 2.45. The summed E-state index contributed by atoms with van der Waals surface area (Å²) in [5.41, 5.74) is 0.316. The number of Topliss-reactive ketones (excluding diaryl/α,β-unsaturated/α-hetero) is 1. The first kappa shape index (κ1) is 12.6. The molecule has 0 bridgehead atoms. The Labute approximate surface area is 109 Å². The molecule has 1 aromatic carbocycles. The topological polar surface area (TPSA) is 57.7 Å². The van der Waals surface area contributed by atoms with Gasteiger partial charge in [0.05, 0.1) is 0 Å². The third-order valence-corrected chi connectivity index (χ3v) is 3.13. The molecule has 5 nitrogen and oxygen atoms in total. The molecule has 0 saturated carbocycles. The van der Waals surface area contributed by atoms with E-state index in [1.807, 2.05) is 0 Å². The van der Waals surface area contributed by atoms with Crippen LogP contribution in [0.3, 0.4) is 0 Å². The predicted molar refractivity (Wildman–Crippen MR) is 65.5 cm³/mol. The number of urea groups is 1. The number of hydrogen-bond donors (Lipinski definition) is 0. The summed E-state index contributed by atoms with van der Waals surface area (Å²) in [5.74, 6) is -0.949. The normalized spacial score (nSPS) is 19.6. The molecule has 3 amide bonds. The Balaban J connectivity index is 2.35. The van der Waals surface area contributed by atoms with Crippen molar-refractivity contribution in [1.82, 2.24) is 9.80 Å². The van der Waals surface area contributed by atoms with Gasteiger partial charge in [0.2, 0.25) is 0 Å². The molecule has 6 heteroatoms. The summed E-state index contributed by atoms with van der Waals surface area (Å²) in [6, 6.07) is 4.73. The number of benzene rings is 1. The second-order valence-corrected chi connectivity index (χ2v) is 4.50. The van der Waals surface area contributed by atoms with Gasteiger partial charge in [-0.05, 0) is 12.1 Å². The SMILES string of the molecule is CN1C(=O)C(C(=O)c2cccc(Cl)c2)N(C)C1=O. The molecule has 1 heterocycles. The predicted octanol–water partition coefficient (Wildman–Crippen LogP) is 1.42. The zero-order chi connectivity index (χ0) is 13.4. The maximum Gasteiger partial charge on any atom is 0.327 e. The van der Waals surface area contributed by atoms with Gasteiger partial charge in [-0.25, -0.2) is 4.79 Å². The lowest BCUT2D eigenvalue weighted by Gasteiger charge is -2.14. The minimum Gasteiger partial charge on any atom is -0.308 e. The van der Waals surface area contributed by atoms with Crippen LogP contribution >= 0.6 is 11.6 Å². The van der Waals surface area contributed by atoms with E-state index >= 15 is 0 Å². The number of nitrogens with zero attached hydrogens (tertiary/aromatic N) is 2. The number of likely N-dealkylation sites (N-methyl/N-ethyl adjacent to an activating group) is 2. The lowest BCUT2D eigenvalue weighted by Crippen LogP contribution is -2.38. The van der Waals surface area contributed by atoms with Crippen molar-refractivity contribution in [2.45, 2.75) is 6.04 Å². The standard InChI is InChI=1S/C12H11ClN2O3/c1-14-9(11(17)15(2)12(14)18)10(16)7-4-3-5-8(13)6-7/h3-6,9H,1-2H3. The van der Waals surface area contributed by atoms with Gasteiger partial charge in [-0.3, -0.25) is 14.5 Å². The first-order chi connectivity index (χ1) is 8.43. The van der Waals surface area contributed by atoms with Crippen molar-refractivity contribution in [1.29, 1.82) is 0 Å². The lowest BCUT2D eigenvalue weighted by molar-refractivity contribution is -0.126. The highest BCUT2D eigenvalue weighted by molar-refractivity contribution is 6.31. The molecule has 1 atom stereocenters. The molecule has 18 heavy (non-hydrogen) atoms. The number of carbonyl (C=O) groups is 3. The number of halogens is 1. The van der Waals surface area contributed by atoms with E-state index in [0.717, 1.165) is 9.80 Å². The third-order valence-electron chi connectivity index (χ3n) is 2.90. The van der Waals surface area contributed by atoms with Gasteiger partial charge in [0.15, 0.2) is 11.8 Å². The van der Waals surface area contributed by atoms with Gasteiger partial charge in [-0.2, -0.15) is 0 Å². The minimum absolute atomic E-state index is 0.316. The average Bonchev–Trinajstić information content (AvgIpc) is 2.53. The summed E-state index contributed by atoms with van der Waals surface area (Å²) >= 11 is 5.80. The van der Waals surface area contributed by atoms with E-state index in [1.165, 1.54) is 20.2 Å². The van der Waals surface area contributed by atoms with Gasteiger partial charge < -0.3 is 4.90 Å². The minimum atomic E-state index is -1.10. The fraction of sp³-hybridized carbons (Fsp3) is 0.250. The Morgan fingerprint density at radius 2 is 1.94 bits per heavy atom. The Bertz CT molecular complexity index is 544. The van der Waals surface area contributed by atoms with Crippen LogP contribution in [0, 0.1) is 0 Å². The van der Waals surface area contributed by atoms with Crippen LogP contribution in [0.2, 0.25) is 5.02 Å². The first-order valence-electron chi connectivity index (χ1n) is 5.27. The van der Waals surface area contributed by atoms with Gasteiger partial charge in [-0.1, -0.05) is 23.7 Å². The highest BCUT2D eigenvalue weighted by Crippen LogP contribution is 2.20. The average molecular weight is 267 g/mol. The second kappa shape index (κ2) is 4.42. The molecule has 0 aromatic heterocycles. The monoisotopic (exact) mass is 266 g/mol. The van der Waals surface area contributed by atoms with Crippen LogP contribution in [0.25, 0.3) is 0 Å². The largest absolute Gasteiger partial charge is 0.327 e. The Kier molecular flexibility index (Phi) is 3.09. The maximum absolute atomic E-state index is 12.2. The third kappa shape index (κ3) is 1.86. The van der Waals surface area contributed by atoms with E-state index in [-0.39, 0.29) is 0 Å². The molecule has 2 rings (SSSR count). The summed E-state index contributed by atoms with van der Waals surface area (Å²) in [6.45, 7) is 0. The summed E-state index contributed by atoms with van der Waals surface area (Å²) in [5, 5.41) is 0.411. The maximum atomic E-state index is 12.2. The molecule has 1 fully saturated rings. The van der Waals surface area contributed by atoms with Crippen LogP contribution < -0.4 is 0 Å². The highest BCUT2D eigenvalue weighted by atomic mass is 35.5. The van der Waals surface area contributed by atoms with Crippen molar-refractivity contribution in [3.8, 4) is 0 Å². The van der Waals surface area contributed by atoms with Crippen LogP contribution in [-0.2, 0) is 4.79 Å². The fourth-order valence-corrected chi connectivity index (χ4v) is 2.07. The van der Waals surface area contributed by atoms with Gasteiger partial charge in [0.1, 0.15) is 0 Å². The summed E-state index contributed by atoms with van der Waals surface area (Å²) < 4.78 is 0. The van der Waals surface area contributed by atoms with Crippen LogP contribution in [-0.4, -0.2) is 47.7 Å². The van der Waals surface area contributed by atoms with Crippen molar-refractivity contribution in [2.24, 2.45) is 0 Å². The van der Waals surface area contributed by atoms with Crippen molar-refractivity contribution >= 4 is 29.3 Å². The van der Waals surface area contributed by atoms with E-state index in [1.54, 1.807) is 18.2 Å². The number of imide groups is 1. The van der Waals surface area contributed by atoms with Crippen molar-refractivity contribution < 1.29 is 14.4 Å². The van der Waals surface area contributed by atoms with Gasteiger partial charge >= 0.3 is 6.03 Å². The number of ketones is 1. The van der Waals surface area contributed by atoms with Crippen LogP contribution in [0.1, 0.15) is 10.4 Å². The molecular weight excluding hydrogens is 256 g/mol. The Hall–Kier alpha value is -1.88. The molecule has 0 spiro atoms. The molecule has 1 aromatic rings. The molecule has 0 radical (unpaired) electrons. The molecule has 1 aliphatic rings. The van der Waals surface area contributed by atoms with Crippen molar-refractivity contribution in [3.05, 3.63) is 34.9 Å². The van der Waals surface area contributed by atoms with Gasteiger partial charge in [-0.15, -0.1) is 0 Å². The van der Waals surface area contributed by atoms with Gasteiger partial charge in [0.25, 0.3) is 5.91 Å². The molecular formula is C12H11ClN2O3. The molecule has 0 N–H and O–H groups in total. The smallest absolute Gasteiger partial charge is 0.308 e. The van der Waals surface area contributed by atoms with E-state index in [4.69, 9.17) is 11.6 Å². The van der Waals surface area contributed by atoms with E-state index in [9.17, 15) is 14.4 Å². The van der Waals surface area contributed by atoms with E-state index in [0.29, 0.717) is 10.6 Å². The number of amides is 3. The van der Waals surface area contributed by atoms with E-state index in [2.05, 4.69) is 0 Å². The summed E-state index contributed by atoms with van der Waals surface area (Å²) in [7, 11) is 2.78. The number of rotatable bonds is 2. The number of hydrogen-bond acceptors (Lipinski definition) is 3. The zero-order valence-corrected chi connectivity index (χ0v) is 10.6. The molecule has 94 valence electrons. The summed E-state index contributed by atoms with van der Waals surface area (Å²) in [4.78, 5) is 37.7. The molecule has 1 aliphatic heterocycles. The second-order valence-electron chi connectivity index (χ2n) is 4.07. The fourth-order valence-electron chi connectivity index (χ4n) is 1.88. The zero-order valence-electron chi connectivity index (χ0n) is 9.88. The first-order valence-corrected chi connectivity index (χ1v) is 5.65. The van der Waals surface area contributed by atoms with Crippen LogP contribution in [0.4, 0.5) is 4.79 Å². The summed E-state index contributed by atoms with van der Waals surface area (Å²) in [6.07, 6.45) is 0. The molecule has 1 unspecified atom stereocenters. The number of carbonyl (C=O) groups excluding carboxylic acids is 3. The van der Waals surface area contributed by atoms with E-state index < -0.39 is 23.8 Å². The molecule has 1 saturated heterocycles.